The number of fused-ring (bicyclic) bond motifs is 2. The van der Waals surface area contributed by atoms with E-state index < -0.39 is 52.4 Å². The van der Waals surface area contributed by atoms with Crippen LogP contribution in [0.25, 0.3) is 10.9 Å². The molecule has 1 aromatic carbocycles. The van der Waals surface area contributed by atoms with Crippen molar-refractivity contribution in [1.29, 1.82) is 0 Å². The van der Waals surface area contributed by atoms with Crippen molar-refractivity contribution in [3.8, 4) is 5.75 Å². The predicted octanol–water partition coefficient (Wildman–Crippen LogP) is 4.32. The molecule has 1 aromatic heterocycles. The standard InChI is InChI=1S/C26H32F3N3O7/c1-24(2,3)39-22(34)30-12-26-13-31(10-14(26)6-7-37-26)18-9-17-15(8-16(18)27)20(33)19(38-23(35)36)11-32(17)25(4,5)21(28)29/h8-9,11,14,21H,6-7,10,12-13H2,1-5H3,(H,30,34)(H,35,36). The predicted molar refractivity (Wildman–Crippen MR) is 135 cm³/mol. The van der Waals surface area contributed by atoms with Crippen LogP contribution >= 0.6 is 0 Å². The topological polar surface area (TPSA) is 119 Å². The van der Waals surface area contributed by atoms with E-state index in [0.717, 1.165) is 16.8 Å². The molecule has 1 amide bonds. The minimum atomic E-state index is -2.92. The van der Waals surface area contributed by atoms with E-state index in [9.17, 15) is 23.2 Å². The second kappa shape index (κ2) is 9.92. The molecule has 2 N–H and O–H groups in total. The number of alkyl halides is 2. The molecule has 214 valence electrons. The van der Waals surface area contributed by atoms with Crippen molar-refractivity contribution in [1.82, 2.24) is 9.88 Å². The molecule has 2 aliphatic rings. The summed E-state index contributed by atoms with van der Waals surface area (Å²) in [6.07, 6.45) is -3.77. The Morgan fingerprint density at radius 3 is 2.56 bits per heavy atom. The normalized spacial score (nSPS) is 21.4. The van der Waals surface area contributed by atoms with Crippen LogP contribution in [0.15, 0.2) is 23.1 Å². The van der Waals surface area contributed by atoms with E-state index >= 15 is 4.39 Å². The van der Waals surface area contributed by atoms with E-state index in [0.29, 0.717) is 19.6 Å². The van der Waals surface area contributed by atoms with Gasteiger partial charge in [0.05, 0.1) is 34.9 Å². The first kappa shape index (κ1) is 28.5. The third kappa shape index (κ3) is 5.49. The van der Waals surface area contributed by atoms with Gasteiger partial charge in [0.25, 0.3) is 6.43 Å². The van der Waals surface area contributed by atoms with E-state index in [2.05, 4.69) is 10.1 Å². The Morgan fingerprint density at radius 1 is 1.26 bits per heavy atom. The number of carboxylic acid groups (broad SMARTS) is 1. The Morgan fingerprint density at radius 2 is 1.95 bits per heavy atom. The van der Waals surface area contributed by atoms with Crippen molar-refractivity contribution in [2.24, 2.45) is 5.92 Å². The van der Waals surface area contributed by atoms with E-state index in [1.54, 1.807) is 25.7 Å². The van der Waals surface area contributed by atoms with Crippen LogP contribution in [0.2, 0.25) is 0 Å². The number of benzene rings is 1. The Kier molecular flexibility index (Phi) is 7.26. The van der Waals surface area contributed by atoms with Gasteiger partial charge in [-0.2, -0.15) is 0 Å². The van der Waals surface area contributed by atoms with Crippen LogP contribution in [-0.4, -0.2) is 65.8 Å². The number of ether oxygens (including phenoxy) is 3. The molecule has 2 atom stereocenters. The summed E-state index contributed by atoms with van der Waals surface area (Å²) in [7, 11) is 0. The average molecular weight is 556 g/mol. The maximum Gasteiger partial charge on any atom is 0.511 e. The van der Waals surface area contributed by atoms with Crippen molar-refractivity contribution in [2.75, 3.05) is 31.1 Å². The zero-order valence-corrected chi connectivity index (χ0v) is 22.3. The van der Waals surface area contributed by atoms with Crippen molar-refractivity contribution in [2.45, 2.75) is 64.2 Å². The van der Waals surface area contributed by atoms with Gasteiger partial charge < -0.3 is 34.1 Å². The summed E-state index contributed by atoms with van der Waals surface area (Å²) in [6.45, 7) is 8.78. The largest absolute Gasteiger partial charge is 0.511 e. The number of carbonyl (C=O) groups is 2. The lowest BCUT2D eigenvalue weighted by molar-refractivity contribution is -0.000270. The molecule has 2 saturated heterocycles. The number of carbonyl (C=O) groups excluding carboxylic acids is 1. The Hall–Kier alpha value is -3.48. The number of amides is 1. The minimum absolute atomic E-state index is 0.0154. The van der Waals surface area contributed by atoms with Crippen molar-refractivity contribution in [3.05, 3.63) is 34.4 Å². The average Bonchev–Trinajstić information content (AvgIpc) is 3.35. The molecule has 2 aromatic rings. The summed E-state index contributed by atoms with van der Waals surface area (Å²) < 4.78 is 60.5. The molecule has 2 unspecified atom stereocenters. The molecule has 2 aliphatic heterocycles. The van der Waals surface area contributed by atoms with E-state index in [1.807, 2.05) is 0 Å². The van der Waals surface area contributed by atoms with Gasteiger partial charge in [0, 0.05) is 25.6 Å². The monoisotopic (exact) mass is 555 g/mol. The lowest BCUT2D eigenvalue weighted by atomic mass is 9.91. The number of rotatable bonds is 6. The third-order valence-electron chi connectivity index (χ3n) is 7.16. The number of alkyl carbamates (subject to hydrolysis) is 1. The van der Waals surface area contributed by atoms with Crippen LogP contribution in [0.5, 0.6) is 5.75 Å². The first-order chi connectivity index (χ1) is 18.0. The van der Waals surface area contributed by atoms with Gasteiger partial charge >= 0.3 is 12.2 Å². The molecule has 0 bridgehead atoms. The van der Waals surface area contributed by atoms with E-state index in [4.69, 9.17) is 14.6 Å². The van der Waals surface area contributed by atoms with Gasteiger partial charge in [0.15, 0.2) is 5.75 Å². The lowest BCUT2D eigenvalue weighted by Crippen LogP contribution is -2.49. The van der Waals surface area contributed by atoms with Crippen molar-refractivity contribution >= 4 is 28.8 Å². The highest BCUT2D eigenvalue weighted by Crippen LogP contribution is 2.42. The van der Waals surface area contributed by atoms with Gasteiger partial charge in [-0.25, -0.2) is 22.8 Å². The zero-order chi connectivity index (χ0) is 28.9. The van der Waals surface area contributed by atoms with E-state index in [-0.39, 0.29) is 35.6 Å². The SMILES string of the molecule is CC(C)(C)OC(=O)NCC12CN(c3cc4c(cc3F)c(=O)c(OC(=O)O)cn4C(C)(C)C(F)F)CC1CCO2. The number of nitrogens with zero attached hydrogens (tertiary/aromatic N) is 2. The van der Waals surface area contributed by atoms with Gasteiger partial charge in [0.2, 0.25) is 5.43 Å². The molecule has 10 nitrogen and oxygen atoms in total. The number of aromatic nitrogens is 1. The maximum atomic E-state index is 15.5. The first-order valence-corrected chi connectivity index (χ1v) is 12.5. The van der Waals surface area contributed by atoms with E-state index in [1.165, 1.54) is 19.9 Å². The Labute approximate surface area is 222 Å². The minimum Gasteiger partial charge on any atom is -0.449 e. The molecular weight excluding hydrogens is 523 g/mol. The van der Waals surface area contributed by atoms with Gasteiger partial charge in [0.1, 0.15) is 17.0 Å². The van der Waals surface area contributed by atoms with Gasteiger partial charge in [-0.3, -0.25) is 4.79 Å². The smallest absolute Gasteiger partial charge is 0.449 e. The number of hydrogen-bond acceptors (Lipinski definition) is 7. The fourth-order valence-corrected chi connectivity index (χ4v) is 5.14. The quantitative estimate of drug-likeness (QED) is 0.506. The molecule has 4 rings (SSSR count). The molecule has 13 heteroatoms. The summed E-state index contributed by atoms with van der Waals surface area (Å²) >= 11 is 0. The molecule has 0 spiro atoms. The summed E-state index contributed by atoms with van der Waals surface area (Å²) in [4.78, 5) is 38.0. The molecule has 3 heterocycles. The molecule has 0 saturated carbocycles. The van der Waals surface area contributed by atoms with Gasteiger partial charge in [-0.1, -0.05) is 0 Å². The van der Waals surface area contributed by atoms with Crippen molar-refractivity contribution in [3.63, 3.8) is 0 Å². The molecule has 0 aliphatic carbocycles. The van der Waals surface area contributed by atoms with Gasteiger partial charge in [-0.05, 0) is 53.2 Å². The van der Waals surface area contributed by atoms with Crippen LogP contribution in [-0.2, 0) is 15.0 Å². The molecule has 0 radical (unpaired) electrons. The fourth-order valence-electron chi connectivity index (χ4n) is 5.14. The summed E-state index contributed by atoms with van der Waals surface area (Å²) in [6, 6.07) is 2.21. The van der Waals surface area contributed by atoms with Crippen LogP contribution in [0.4, 0.5) is 28.4 Å². The highest BCUT2D eigenvalue weighted by Gasteiger charge is 2.52. The number of hydrogen-bond donors (Lipinski definition) is 2. The summed E-state index contributed by atoms with van der Waals surface area (Å²) in [5.74, 6) is -1.58. The first-order valence-electron chi connectivity index (χ1n) is 12.5. The molecule has 39 heavy (non-hydrogen) atoms. The molecular formula is C26H32F3N3O7. The highest BCUT2D eigenvalue weighted by atomic mass is 19.3. The van der Waals surface area contributed by atoms with Crippen LogP contribution < -0.4 is 20.4 Å². The Bertz CT molecular complexity index is 1360. The zero-order valence-electron chi connectivity index (χ0n) is 22.3. The molecule has 2 fully saturated rings. The summed E-state index contributed by atoms with van der Waals surface area (Å²) in [5.41, 5.74) is -4.31. The fraction of sp³-hybridized carbons (Fsp3) is 0.577. The maximum absolute atomic E-state index is 15.5. The highest BCUT2D eigenvalue weighted by molar-refractivity contribution is 5.85. The lowest BCUT2D eigenvalue weighted by Gasteiger charge is -2.31. The van der Waals surface area contributed by atoms with Crippen molar-refractivity contribution < 1.29 is 42.1 Å². The van der Waals surface area contributed by atoms with Crippen LogP contribution in [0.3, 0.4) is 0 Å². The number of halogens is 3. The Balaban J connectivity index is 1.73. The third-order valence-corrected chi connectivity index (χ3v) is 7.16. The number of nitrogens with one attached hydrogen (secondary N) is 1. The number of anilines is 1. The van der Waals surface area contributed by atoms with Gasteiger partial charge in [-0.15, -0.1) is 0 Å². The second-order valence-electron chi connectivity index (χ2n) is 11.5. The van der Waals surface area contributed by atoms with Crippen LogP contribution in [0.1, 0.15) is 41.0 Å². The number of pyridine rings is 1. The summed E-state index contributed by atoms with van der Waals surface area (Å²) in [5, 5.41) is 11.4. The second-order valence-corrected chi connectivity index (χ2v) is 11.5. The van der Waals surface area contributed by atoms with Crippen LogP contribution in [0, 0.1) is 11.7 Å².